The number of hydrogen-bond donors (Lipinski definition) is 1. The Morgan fingerprint density at radius 2 is 1.92 bits per heavy atom. The van der Waals surface area contributed by atoms with E-state index in [1.165, 1.54) is 48.6 Å². The van der Waals surface area contributed by atoms with Gasteiger partial charge in [0.15, 0.2) is 18.1 Å². The SMILES string of the molecule is O=C(O)COc1ccc(C=CC(=O)c2ccc(Cl)cc2Cl)cc1[N+](=O)[O-]. The number of nitro groups is 1. The summed E-state index contributed by atoms with van der Waals surface area (Å²) in [5, 5.41) is 20.3. The molecule has 26 heavy (non-hydrogen) atoms. The molecule has 0 radical (unpaired) electrons. The summed E-state index contributed by atoms with van der Waals surface area (Å²) in [5.74, 6) is -1.84. The van der Waals surface area contributed by atoms with Crippen molar-refractivity contribution in [3.8, 4) is 5.75 Å². The van der Waals surface area contributed by atoms with Gasteiger partial charge in [-0.1, -0.05) is 35.3 Å². The van der Waals surface area contributed by atoms with Gasteiger partial charge < -0.3 is 9.84 Å². The van der Waals surface area contributed by atoms with Crippen LogP contribution in [0.3, 0.4) is 0 Å². The number of ether oxygens (including phenoxy) is 1. The lowest BCUT2D eigenvalue weighted by atomic mass is 10.1. The summed E-state index contributed by atoms with van der Waals surface area (Å²) < 4.78 is 4.87. The van der Waals surface area contributed by atoms with Crippen molar-refractivity contribution in [2.45, 2.75) is 0 Å². The lowest BCUT2D eigenvalue weighted by Gasteiger charge is -2.05. The first-order valence-corrected chi connectivity index (χ1v) is 7.84. The Morgan fingerprint density at radius 3 is 2.54 bits per heavy atom. The highest BCUT2D eigenvalue weighted by Crippen LogP contribution is 2.29. The Balaban J connectivity index is 2.24. The number of carboxylic acid groups (broad SMARTS) is 1. The van der Waals surface area contributed by atoms with Crippen molar-refractivity contribution in [2.75, 3.05) is 6.61 Å². The Labute approximate surface area is 157 Å². The molecule has 1 N–H and O–H groups in total. The lowest BCUT2D eigenvalue weighted by molar-refractivity contribution is -0.385. The zero-order valence-corrected chi connectivity index (χ0v) is 14.5. The number of carboxylic acids is 1. The van der Waals surface area contributed by atoms with E-state index < -0.39 is 29.0 Å². The minimum atomic E-state index is -1.26. The van der Waals surface area contributed by atoms with E-state index in [1.54, 1.807) is 0 Å². The van der Waals surface area contributed by atoms with E-state index >= 15 is 0 Å². The summed E-state index contributed by atoms with van der Waals surface area (Å²) in [6.45, 7) is -0.705. The summed E-state index contributed by atoms with van der Waals surface area (Å²) in [5.41, 5.74) is 0.186. The van der Waals surface area contributed by atoms with Gasteiger partial charge in [0.05, 0.1) is 9.95 Å². The second kappa shape index (κ2) is 8.46. The molecule has 2 rings (SSSR count). The number of aliphatic carboxylic acids is 1. The molecule has 0 saturated carbocycles. The van der Waals surface area contributed by atoms with E-state index in [2.05, 4.69) is 0 Å². The van der Waals surface area contributed by atoms with Crippen LogP contribution in [0.5, 0.6) is 5.75 Å². The molecule has 0 aliphatic carbocycles. The predicted molar refractivity (Wildman–Crippen MR) is 96.1 cm³/mol. The van der Waals surface area contributed by atoms with Gasteiger partial charge in [0.2, 0.25) is 0 Å². The maximum atomic E-state index is 12.2. The lowest BCUT2D eigenvalue weighted by Crippen LogP contribution is -2.10. The standard InChI is InChI=1S/C17H11Cl2NO6/c18-11-3-4-12(13(19)8-11)15(21)5-1-10-2-6-16(26-9-17(22)23)14(7-10)20(24)25/h1-8H,9H2,(H,22,23). The molecule has 0 aromatic heterocycles. The van der Waals surface area contributed by atoms with Gasteiger partial charge >= 0.3 is 11.7 Å². The summed E-state index contributed by atoms with van der Waals surface area (Å²) in [7, 11) is 0. The van der Waals surface area contributed by atoms with Crippen molar-refractivity contribution in [3.63, 3.8) is 0 Å². The fourth-order valence-electron chi connectivity index (χ4n) is 1.99. The number of halogens is 2. The molecular weight excluding hydrogens is 385 g/mol. The molecule has 0 aliphatic rings. The monoisotopic (exact) mass is 395 g/mol. The van der Waals surface area contributed by atoms with Crippen molar-refractivity contribution < 1.29 is 24.4 Å². The van der Waals surface area contributed by atoms with Crippen molar-refractivity contribution in [1.82, 2.24) is 0 Å². The number of ketones is 1. The van der Waals surface area contributed by atoms with E-state index in [9.17, 15) is 19.7 Å². The quantitative estimate of drug-likeness (QED) is 0.324. The molecule has 2 aromatic carbocycles. The molecule has 2 aromatic rings. The van der Waals surface area contributed by atoms with Gasteiger partial charge in [0.1, 0.15) is 0 Å². The highest BCUT2D eigenvalue weighted by Gasteiger charge is 2.16. The average molecular weight is 396 g/mol. The van der Waals surface area contributed by atoms with Gasteiger partial charge in [-0.15, -0.1) is 0 Å². The Kier molecular flexibility index (Phi) is 6.32. The zero-order chi connectivity index (χ0) is 19.3. The number of benzene rings is 2. The molecule has 0 fully saturated rings. The third-order valence-corrected chi connectivity index (χ3v) is 3.70. The first kappa shape index (κ1) is 19.4. The Bertz CT molecular complexity index is 910. The smallest absolute Gasteiger partial charge is 0.341 e. The largest absolute Gasteiger partial charge is 0.479 e. The van der Waals surface area contributed by atoms with Crippen LogP contribution in [0.4, 0.5) is 5.69 Å². The Hall–Kier alpha value is -2.90. The topological polar surface area (TPSA) is 107 Å². The summed E-state index contributed by atoms with van der Waals surface area (Å²) in [6, 6.07) is 8.32. The fraction of sp³-hybridized carbons (Fsp3) is 0.0588. The molecule has 0 aliphatic heterocycles. The van der Waals surface area contributed by atoms with E-state index in [0.29, 0.717) is 10.6 Å². The maximum Gasteiger partial charge on any atom is 0.341 e. The first-order chi connectivity index (χ1) is 12.3. The van der Waals surface area contributed by atoms with Gasteiger partial charge in [-0.2, -0.15) is 0 Å². The number of hydrogen-bond acceptors (Lipinski definition) is 5. The van der Waals surface area contributed by atoms with Crippen LogP contribution in [0.2, 0.25) is 10.0 Å². The van der Waals surface area contributed by atoms with Crippen molar-refractivity contribution in [2.24, 2.45) is 0 Å². The molecule has 7 nitrogen and oxygen atoms in total. The highest BCUT2D eigenvalue weighted by molar-refractivity contribution is 6.37. The number of rotatable bonds is 7. The molecule has 0 atom stereocenters. The molecule has 0 spiro atoms. The van der Waals surface area contributed by atoms with Crippen LogP contribution in [0, 0.1) is 10.1 Å². The van der Waals surface area contributed by atoms with E-state index in [0.717, 1.165) is 0 Å². The Morgan fingerprint density at radius 1 is 1.19 bits per heavy atom. The second-order valence-electron chi connectivity index (χ2n) is 4.99. The summed E-state index contributed by atoms with van der Waals surface area (Å²) >= 11 is 11.7. The van der Waals surface area contributed by atoms with Gasteiger partial charge in [0, 0.05) is 16.7 Å². The maximum absolute atomic E-state index is 12.2. The van der Waals surface area contributed by atoms with Crippen LogP contribution < -0.4 is 4.74 Å². The van der Waals surface area contributed by atoms with E-state index in [1.807, 2.05) is 0 Å². The molecule has 134 valence electrons. The minimum absolute atomic E-state index is 0.179. The molecule has 9 heteroatoms. The van der Waals surface area contributed by atoms with Gasteiger partial charge in [0.25, 0.3) is 0 Å². The average Bonchev–Trinajstić information content (AvgIpc) is 2.58. The normalized spacial score (nSPS) is 10.7. The third kappa shape index (κ3) is 5.05. The van der Waals surface area contributed by atoms with Crippen LogP contribution in [-0.2, 0) is 4.79 Å². The van der Waals surface area contributed by atoms with Crippen LogP contribution in [0.15, 0.2) is 42.5 Å². The molecule has 0 amide bonds. The third-order valence-electron chi connectivity index (χ3n) is 3.15. The number of carbonyl (C=O) groups is 2. The summed E-state index contributed by atoms with van der Waals surface area (Å²) in [4.78, 5) is 33.1. The van der Waals surface area contributed by atoms with Crippen LogP contribution >= 0.6 is 23.2 Å². The summed E-state index contributed by atoms with van der Waals surface area (Å²) in [6.07, 6.45) is 2.59. The van der Waals surface area contributed by atoms with E-state index in [-0.39, 0.29) is 16.3 Å². The van der Waals surface area contributed by atoms with Crippen molar-refractivity contribution in [1.29, 1.82) is 0 Å². The van der Waals surface area contributed by atoms with Gasteiger partial charge in [-0.3, -0.25) is 14.9 Å². The molecule has 0 bridgehead atoms. The number of carbonyl (C=O) groups excluding carboxylic acids is 1. The number of allylic oxidation sites excluding steroid dienone is 1. The zero-order valence-electron chi connectivity index (χ0n) is 13.0. The molecule has 0 heterocycles. The minimum Gasteiger partial charge on any atom is -0.479 e. The molecular formula is C17H11Cl2NO6. The van der Waals surface area contributed by atoms with Crippen LogP contribution in [-0.4, -0.2) is 28.4 Å². The highest BCUT2D eigenvalue weighted by atomic mass is 35.5. The number of nitro benzene ring substituents is 1. The van der Waals surface area contributed by atoms with Gasteiger partial charge in [-0.05, 0) is 35.9 Å². The predicted octanol–water partition coefficient (Wildman–Crippen LogP) is 4.26. The van der Waals surface area contributed by atoms with Crippen LogP contribution in [0.25, 0.3) is 6.08 Å². The fourth-order valence-corrected chi connectivity index (χ4v) is 2.49. The molecule has 0 saturated heterocycles. The second-order valence-corrected chi connectivity index (χ2v) is 5.83. The molecule has 0 unspecified atom stereocenters. The van der Waals surface area contributed by atoms with Crippen molar-refractivity contribution in [3.05, 3.63) is 73.8 Å². The van der Waals surface area contributed by atoms with Crippen molar-refractivity contribution >= 4 is 46.7 Å². The van der Waals surface area contributed by atoms with Gasteiger partial charge in [-0.25, -0.2) is 4.79 Å². The van der Waals surface area contributed by atoms with Crippen LogP contribution in [0.1, 0.15) is 15.9 Å². The first-order valence-electron chi connectivity index (χ1n) is 7.08. The van der Waals surface area contributed by atoms with E-state index in [4.69, 9.17) is 33.0 Å². The number of nitrogens with zero attached hydrogens (tertiary/aromatic N) is 1.